The van der Waals surface area contributed by atoms with E-state index in [9.17, 15) is 36.0 Å². The van der Waals surface area contributed by atoms with Gasteiger partial charge < -0.3 is 10.2 Å². The Labute approximate surface area is 231 Å². The Bertz CT molecular complexity index is 1610. The van der Waals surface area contributed by atoms with Crippen molar-refractivity contribution in [3.8, 4) is 0 Å². The number of halogens is 4. The molecule has 1 N–H and O–H groups in total. The Balaban J connectivity index is 1.37. The fraction of sp³-hybridized carbons (Fsp3) is 0.231. The predicted molar refractivity (Wildman–Crippen MR) is 137 cm³/mol. The lowest BCUT2D eigenvalue weighted by molar-refractivity contribution is -0.120. The number of nitrogens with one attached hydrogen (secondary N) is 1. The van der Waals surface area contributed by atoms with Crippen molar-refractivity contribution < 1.29 is 36.0 Å². The van der Waals surface area contributed by atoms with Crippen molar-refractivity contribution in [3.05, 3.63) is 88.7 Å². The second kappa shape index (κ2) is 9.89. The minimum atomic E-state index is -5.59. The topological polar surface area (TPSA) is 117 Å². The third-order valence-electron chi connectivity index (χ3n) is 6.82. The second-order valence-electron chi connectivity index (χ2n) is 9.33. The van der Waals surface area contributed by atoms with Gasteiger partial charge in [0, 0.05) is 30.5 Å². The van der Waals surface area contributed by atoms with Gasteiger partial charge in [0.05, 0.1) is 16.1 Å². The molecule has 40 heavy (non-hydrogen) atoms. The highest BCUT2D eigenvalue weighted by Crippen LogP contribution is 2.50. The molecule has 5 rings (SSSR count). The van der Waals surface area contributed by atoms with Crippen molar-refractivity contribution in [2.45, 2.75) is 41.9 Å². The Morgan fingerprint density at radius 3 is 2.27 bits per heavy atom. The van der Waals surface area contributed by atoms with Crippen molar-refractivity contribution in [2.75, 3.05) is 4.90 Å². The van der Waals surface area contributed by atoms with Gasteiger partial charge in [-0.1, -0.05) is 23.7 Å². The standard InChI is InChI=1S/C26H20ClF3N4O5S/c27-18-3-1-16(2-4-18)13-32-22(35)21-14-31-12-9-17(21)15-33-24(37)34(23(36)25(33)10-11-25)19-5-7-20(8-6-19)40(38,39)26(28,29)30/h1-9,12,14H,10-11,13,15H2,(H,32,35). The summed E-state index contributed by atoms with van der Waals surface area (Å²) in [6, 6.07) is 11.1. The van der Waals surface area contributed by atoms with Crippen LogP contribution in [-0.2, 0) is 27.7 Å². The molecule has 1 aliphatic heterocycles. The van der Waals surface area contributed by atoms with E-state index in [0.29, 0.717) is 35.6 Å². The van der Waals surface area contributed by atoms with E-state index in [4.69, 9.17) is 11.6 Å². The molecule has 0 unspecified atom stereocenters. The lowest BCUT2D eigenvalue weighted by atomic mass is 10.1. The largest absolute Gasteiger partial charge is 0.501 e. The summed E-state index contributed by atoms with van der Waals surface area (Å²) in [5.41, 5.74) is -5.27. The zero-order valence-electron chi connectivity index (χ0n) is 20.5. The molecule has 9 nitrogen and oxygen atoms in total. The number of aromatic nitrogens is 1. The van der Waals surface area contributed by atoms with Gasteiger partial charge in [0.2, 0.25) is 0 Å². The molecule has 14 heteroatoms. The Morgan fingerprint density at radius 2 is 1.68 bits per heavy atom. The van der Waals surface area contributed by atoms with Crippen molar-refractivity contribution in [2.24, 2.45) is 0 Å². The van der Waals surface area contributed by atoms with Crippen molar-refractivity contribution >= 4 is 45.0 Å². The van der Waals surface area contributed by atoms with E-state index >= 15 is 0 Å². The number of urea groups is 1. The number of alkyl halides is 3. The number of amides is 4. The maximum atomic E-state index is 13.4. The third-order valence-corrected chi connectivity index (χ3v) is 8.58. The van der Waals surface area contributed by atoms with Crippen molar-refractivity contribution in [3.63, 3.8) is 0 Å². The summed E-state index contributed by atoms with van der Waals surface area (Å²) >= 11 is 5.89. The number of carbonyl (C=O) groups excluding carboxylic acids is 3. The van der Waals surface area contributed by atoms with Crippen LogP contribution in [0.5, 0.6) is 0 Å². The first-order valence-electron chi connectivity index (χ1n) is 11.9. The average Bonchev–Trinajstić information content (AvgIpc) is 3.70. The highest BCUT2D eigenvalue weighted by Gasteiger charge is 2.65. The molecular formula is C26H20ClF3N4O5S. The number of hydrogen-bond donors (Lipinski definition) is 1. The number of hydrogen-bond acceptors (Lipinski definition) is 6. The van der Waals surface area contributed by atoms with Gasteiger partial charge >= 0.3 is 11.5 Å². The van der Waals surface area contributed by atoms with Gasteiger partial charge in [0.1, 0.15) is 5.54 Å². The molecule has 1 spiro atoms. The maximum absolute atomic E-state index is 13.4. The van der Waals surface area contributed by atoms with Gasteiger partial charge in [-0.2, -0.15) is 13.2 Å². The molecule has 1 saturated heterocycles. The lowest BCUT2D eigenvalue weighted by Crippen LogP contribution is -2.37. The highest BCUT2D eigenvalue weighted by molar-refractivity contribution is 7.92. The molecule has 2 fully saturated rings. The minimum absolute atomic E-state index is 0.0689. The molecule has 1 aliphatic carbocycles. The van der Waals surface area contributed by atoms with E-state index in [1.165, 1.54) is 17.3 Å². The van der Waals surface area contributed by atoms with Gasteiger partial charge in [-0.15, -0.1) is 0 Å². The van der Waals surface area contributed by atoms with Crippen LogP contribution in [0.1, 0.15) is 34.3 Å². The molecule has 0 bridgehead atoms. The fourth-order valence-electron chi connectivity index (χ4n) is 4.49. The smallest absolute Gasteiger partial charge is 0.348 e. The first-order valence-corrected chi connectivity index (χ1v) is 13.7. The van der Waals surface area contributed by atoms with Gasteiger partial charge in [-0.3, -0.25) is 14.6 Å². The molecular weight excluding hydrogens is 573 g/mol. The molecule has 0 atom stereocenters. The molecule has 4 amide bonds. The van der Waals surface area contributed by atoms with E-state index < -0.39 is 43.6 Å². The number of anilines is 1. The quantitative estimate of drug-likeness (QED) is 0.405. The van der Waals surface area contributed by atoms with Crippen LogP contribution in [0.4, 0.5) is 23.7 Å². The number of carbonyl (C=O) groups is 3. The number of benzene rings is 2. The Kier molecular flexibility index (Phi) is 6.83. The summed E-state index contributed by atoms with van der Waals surface area (Å²) in [6.45, 7) is 0.108. The fourth-order valence-corrected chi connectivity index (χ4v) is 5.37. The summed E-state index contributed by atoms with van der Waals surface area (Å²) in [7, 11) is -5.59. The van der Waals surface area contributed by atoms with Crippen LogP contribution in [-0.4, -0.2) is 47.2 Å². The zero-order valence-corrected chi connectivity index (χ0v) is 22.1. The van der Waals surface area contributed by atoms with Crippen LogP contribution in [0.15, 0.2) is 71.9 Å². The maximum Gasteiger partial charge on any atom is 0.501 e. The first kappa shape index (κ1) is 27.6. The predicted octanol–water partition coefficient (Wildman–Crippen LogP) is 4.46. The number of pyridine rings is 1. The van der Waals surface area contributed by atoms with Crippen molar-refractivity contribution in [1.29, 1.82) is 0 Å². The summed E-state index contributed by atoms with van der Waals surface area (Å²) in [5, 5.41) is 3.34. The SMILES string of the molecule is O=C(NCc1ccc(Cl)cc1)c1cnccc1CN1C(=O)N(c2ccc(S(=O)(=O)C(F)(F)F)cc2)C(=O)C12CC2. The number of rotatable bonds is 7. The van der Waals surface area contributed by atoms with Crippen LogP contribution in [0.3, 0.4) is 0 Å². The van der Waals surface area contributed by atoms with Gasteiger partial charge in [-0.25, -0.2) is 18.1 Å². The Morgan fingerprint density at radius 1 is 1.02 bits per heavy atom. The minimum Gasteiger partial charge on any atom is -0.348 e. The molecule has 2 aromatic carbocycles. The monoisotopic (exact) mass is 592 g/mol. The van der Waals surface area contributed by atoms with E-state index in [1.54, 1.807) is 30.3 Å². The molecule has 2 aliphatic rings. The lowest BCUT2D eigenvalue weighted by Gasteiger charge is -2.22. The summed E-state index contributed by atoms with van der Waals surface area (Å²) in [6.07, 6.45) is 3.52. The zero-order chi connectivity index (χ0) is 28.9. The summed E-state index contributed by atoms with van der Waals surface area (Å²) in [5.74, 6) is -1.02. The number of imide groups is 1. The van der Waals surface area contributed by atoms with Crippen LogP contribution in [0.25, 0.3) is 0 Å². The third kappa shape index (κ3) is 4.79. The molecule has 3 aromatic rings. The molecule has 0 radical (unpaired) electrons. The first-order chi connectivity index (χ1) is 18.8. The molecule has 2 heterocycles. The van der Waals surface area contributed by atoms with Crippen LogP contribution < -0.4 is 10.2 Å². The van der Waals surface area contributed by atoms with Gasteiger partial charge in [0.15, 0.2) is 0 Å². The summed E-state index contributed by atoms with van der Waals surface area (Å²) in [4.78, 5) is 44.9. The van der Waals surface area contributed by atoms with Gasteiger partial charge in [0.25, 0.3) is 21.7 Å². The van der Waals surface area contributed by atoms with Crippen LogP contribution in [0.2, 0.25) is 5.02 Å². The van der Waals surface area contributed by atoms with Crippen LogP contribution >= 0.6 is 11.6 Å². The van der Waals surface area contributed by atoms with E-state index in [-0.39, 0.29) is 24.3 Å². The average molecular weight is 593 g/mol. The summed E-state index contributed by atoms with van der Waals surface area (Å²) < 4.78 is 62.1. The molecule has 1 aromatic heterocycles. The number of sulfone groups is 1. The Hall–Kier alpha value is -3.97. The molecule has 208 valence electrons. The normalized spacial score (nSPS) is 16.5. The highest BCUT2D eigenvalue weighted by atomic mass is 35.5. The number of nitrogens with zero attached hydrogens (tertiary/aromatic N) is 3. The second-order valence-corrected chi connectivity index (χ2v) is 11.7. The van der Waals surface area contributed by atoms with E-state index in [0.717, 1.165) is 22.6 Å². The van der Waals surface area contributed by atoms with Gasteiger partial charge in [-0.05, 0) is 66.4 Å². The van der Waals surface area contributed by atoms with Crippen molar-refractivity contribution in [1.82, 2.24) is 15.2 Å². The van der Waals surface area contributed by atoms with E-state index in [1.807, 2.05) is 0 Å². The molecule has 1 saturated carbocycles. The van der Waals surface area contributed by atoms with E-state index in [2.05, 4.69) is 10.3 Å². The van der Waals surface area contributed by atoms with Crippen LogP contribution in [0, 0.1) is 0 Å².